The van der Waals surface area contributed by atoms with Crippen LogP contribution in [-0.4, -0.2) is 93.1 Å². The number of aliphatic hydroxyl groups is 1. The highest BCUT2D eigenvalue weighted by atomic mass is 32.2. The summed E-state index contributed by atoms with van der Waals surface area (Å²) in [4.78, 5) is 29.9. The summed E-state index contributed by atoms with van der Waals surface area (Å²) in [5.41, 5.74) is -0.337. The molecule has 1 heterocycles. The predicted molar refractivity (Wildman–Crippen MR) is 168 cm³/mol. The average Bonchev–Trinajstić information content (AvgIpc) is 2.97. The van der Waals surface area contributed by atoms with Crippen molar-refractivity contribution in [2.75, 3.05) is 49.6 Å². The van der Waals surface area contributed by atoms with Crippen LogP contribution in [0.2, 0.25) is 0 Å². The third-order valence-electron chi connectivity index (χ3n) is 7.62. The van der Waals surface area contributed by atoms with Crippen LogP contribution < -0.4 is 14.8 Å². The SMILES string of the molecule is C[C@@H]1CCCCO[C@@H](CN(C)C(=O)Nc2ccc(C(F)(F)F)cc2)[C@H](C)CN([C@@H](C)CO)C(=O)c2cc(NS(C)(=O)=O)ccc2O1. The number of hydrogen-bond acceptors (Lipinski definition) is 7. The van der Waals surface area contributed by atoms with Gasteiger partial charge in [-0.2, -0.15) is 13.2 Å². The maximum Gasteiger partial charge on any atom is 0.416 e. The number of carbonyl (C=O) groups excluding carboxylic acids is 2. The molecule has 1 aliphatic heterocycles. The standard InChI is InChI=1S/C31H43F3N4O7S/c1-20-17-38(21(2)19-39)29(40)26-16-25(36-46(5,42)43)13-14-27(26)45-22(3)8-6-7-15-44-28(20)18-37(4)30(41)35-24-11-9-23(10-12-24)31(32,33)34/h9-14,16,20-22,28,36,39H,6-8,15,17-19H2,1-5H3,(H,35,41)/t20-,21+,22-,28+/m1/s1. The lowest BCUT2D eigenvalue weighted by atomic mass is 10.0. The zero-order valence-electron chi connectivity index (χ0n) is 26.6. The maximum atomic E-state index is 14.1. The number of alkyl halides is 3. The molecule has 0 saturated heterocycles. The lowest BCUT2D eigenvalue weighted by Crippen LogP contribution is -2.48. The summed E-state index contributed by atoms with van der Waals surface area (Å²) in [5.74, 6) is -0.566. The van der Waals surface area contributed by atoms with Crippen molar-refractivity contribution in [2.45, 2.75) is 64.5 Å². The van der Waals surface area contributed by atoms with Crippen LogP contribution in [0.25, 0.3) is 0 Å². The highest BCUT2D eigenvalue weighted by Crippen LogP contribution is 2.31. The number of nitrogens with one attached hydrogen (secondary N) is 2. The largest absolute Gasteiger partial charge is 0.490 e. The number of ether oxygens (including phenoxy) is 2. The normalized spacial score (nSPS) is 20.9. The highest BCUT2D eigenvalue weighted by Gasteiger charge is 2.32. The maximum absolute atomic E-state index is 14.1. The van der Waals surface area contributed by atoms with E-state index in [-0.39, 0.29) is 54.4 Å². The quantitative estimate of drug-likeness (QED) is 0.375. The lowest BCUT2D eigenvalue weighted by molar-refractivity contribution is -0.137. The molecule has 15 heteroatoms. The highest BCUT2D eigenvalue weighted by molar-refractivity contribution is 7.92. The first kappa shape index (κ1) is 36.9. The lowest BCUT2D eigenvalue weighted by Gasteiger charge is -2.35. The Morgan fingerprint density at radius 1 is 1.13 bits per heavy atom. The van der Waals surface area contributed by atoms with Crippen molar-refractivity contribution < 1.29 is 45.8 Å². The molecule has 46 heavy (non-hydrogen) atoms. The number of aliphatic hydroxyl groups excluding tert-OH is 1. The Balaban J connectivity index is 1.87. The van der Waals surface area contributed by atoms with E-state index in [1.807, 2.05) is 13.8 Å². The first-order valence-corrected chi connectivity index (χ1v) is 16.9. The van der Waals surface area contributed by atoms with Crippen molar-refractivity contribution in [2.24, 2.45) is 5.92 Å². The van der Waals surface area contributed by atoms with Gasteiger partial charge in [0.1, 0.15) is 5.75 Å². The third-order valence-corrected chi connectivity index (χ3v) is 8.23. The molecule has 0 bridgehead atoms. The fourth-order valence-corrected chi connectivity index (χ4v) is 5.53. The van der Waals surface area contributed by atoms with Gasteiger partial charge >= 0.3 is 12.2 Å². The number of likely N-dealkylation sites (N-methyl/N-ethyl adjacent to an activating group) is 1. The molecule has 1 aliphatic rings. The summed E-state index contributed by atoms with van der Waals surface area (Å²) in [6.07, 6.45) is -2.24. The number of amides is 3. The second kappa shape index (κ2) is 15.8. The van der Waals surface area contributed by atoms with Crippen LogP contribution in [0.1, 0.15) is 56.0 Å². The molecule has 2 aromatic rings. The molecule has 256 valence electrons. The molecule has 0 radical (unpaired) electrons. The molecule has 0 fully saturated rings. The van der Waals surface area contributed by atoms with Crippen LogP contribution in [0.15, 0.2) is 42.5 Å². The summed E-state index contributed by atoms with van der Waals surface area (Å²) < 4.78 is 77.3. The number of rotatable bonds is 7. The van der Waals surface area contributed by atoms with Crippen LogP contribution in [0.5, 0.6) is 5.75 Å². The van der Waals surface area contributed by atoms with Gasteiger partial charge in [0.25, 0.3) is 5.91 Å². The molecule has 0 unspecified atom stereocenters. The Hall–Kier alpha value is -3.56. The van der Waals surface area contributed by atoms with Crippen molar-refractivity contribution in [3.63, 3.8) is 0 Å². The minimum absolute atomic E-state index is 0.0989. The Morgan fingerprint density at radius 3 is 2.39 bits per heavy atom. The van der Waals surface area contributed by atoms with E-state index in [1.54, 1.807) is 13.0 Å². The van der Waals surface area contributed by atoms with Crippen molar-refractivity contribution in [3.8, 4) is 5.75 Å². The zero-order chi connectivity index (χ0) is 34.2. The van der Waals surface area contributed by atoms with Crippen LogP contribution in [-0.2, 0) is 20.9 Å². The number of nitrogens with zero attached hydrogens (tertiary/aromatic N) is 2. The smallest absolute Gasteiger partial charge is 0.416 e. The van der Waals surface area contributed by atoms with E-state index in [2.05, 4.69) is 10.0 Å². The van der Waals surface area contributed by atoms with Gasteiger partial charge in [0.2, 0.25) is 10.0 Å². The molecule has 0 aromatic heterocycles. The number of fused-ring (bicyclic) bond motifs is 1. The van der Waals surface area contributed by atoms with Gasteiger partial charge in [-0.1, -0.05) is 6.92 Å². The molecule has 3 rings (SSSR count). The van der Waals surface area contributed by atoms with Crippen LogP contribution in [0.4, 0.5) is 29.3 Å². The van der Waals surface area contributed by atoms with E-state index < -0.39 is 45.8 Å². The average molecular weight is 673 g/mol. The van der Waals surface area contributed by atoms with E-state index in [9.17, 15) is 36.3 Å². The van der Waals surface area contributed by atoms with Crippen molar-refractivity contribution >= 4 is 33.3 Å². The van der Waals surface area contributed by atoms with E-state index in [4.69, 9.17) is 9.47 Å². The van der Waals surface area contributed by atoms with E-state index in [1.165, 1.54) is 41.1 Å². The van der Waals surface area contributed by atoms with Gasteiger partial charge in [0.05, 0.1) is 42.2 Å². The number of urea groups is 1. The van der Waals surface area contributed by atoms with Crippen LogP contribution in [0, 0.1) is 5.92 Å². The summed E-state index contributed by atoms with van der Waals surface area (Å²) in [5, 5.41) is 12.7. The number of benzene rings is 2. The van der Waals surface area contributed by atoms with E-state index in [0.29, 0.717) is 19.4 Å². The second-order valence-corrected chi connectivity index (χ2v) is 13.5. The van der Waals surface area contributed by atoms with Gasteiger partial charge in [-0.15, -0.1) is 0 Å². The zero-order valence-corrected chi connectivity index (χ0v) is 27.5. The summed E-state index contributed by atoms with van der Waals surface area (Å²) in [6.45, 7) is 5.62. The molecule has 3 N–H and O–H groups in total. The van der Waals surface area contributed by atoms with Gasteiger partial charge in [-0.3, -0.25) is 9.52 Å². The first-order chi connectivity index (χ1) is 21.5. The minimum Gasteiger partial charge on any atom is -0.490 e. The fraction of sp³-hybridized carbons (Fsp3) is 0.548. The summed E-state index contributed by atoms with van der Waals surface area (Å²) in [7, 11) is -2.10. The minimum atomic E-state index is -4.50. The van der Waals surface area contributed by atoms with Crippen molar-refractivity contribution in [3.05, 3.63) is 53.6 Å². The number of hydrogen-bond donors (Lipinski definition) is 3. The van der Waals surface area contributed by atoms with E-state index in [0.717, 1.165) is 24.8 Å². The Bertz CT molecular complexity index is 1440. The number of carbonyl (C=O) groups is 2. The number of anilines is 2. The molecule has 0 spiro atoms. The summed E-state index contributed by atoms with van der Waals surface area (Å²) in [6, 6.07) is 7.40. The van der Waals surface area contributed by atoms with E-state index >= 15 is 0 Å². The molecule has 4 atom stereocenters. The Labute approximate surface area is 268 Å². The molecule has 2 aromatic carbocycles. The molecule has 0 saturated carbocycles. The van der Waals surface area contributed by atoms with Crippen LogP contribution >= 0.6 is 0 Å². The molecule has 3 amide bonds. The molecule has 11 nitrogen and oxygen atoms in total. The van der Waals surface area contributed by atoms with Crippen LogP contribution in [0.3, 0.4) is 0 Å². The fourth-order valence-electron chi connectivity index (χ4n) is 4.98. The topological polar surface area (TPSA) is 138 Å². The second-order valence-electron chi connectivity index (χ2n) is 11.8. The van der Waals surface area contributed by atoms with Gasteiger partial charge in [-0.05, 0) is 75.6 Å². The first-order valence-electron chi connectivity index (χ1n) is 15.0. The Kier molecular flexibility index (Phi) is 12.7. The number of sulfonamides is 1. The molecular formula is C31H43F3N4O7S. The van der Waals surface area contributed by atoms with Gasteiger partial charge < -0.3 is 29.7 Å². The van der Waals surface area contributed by atoms with Gasteiger partial charge in [0, 0.05) is 44.0 Å². The summed E-state index contributed by atoms with van der Waals surface area (Å²) >= 11 is 0. The Morgan fingerprint density at radius 2 is 1.78 bits per heavy atom. The third kappa shape index (κ3) is 10.8. The molecule has 0 aliphatic carbocycles. The van der Waals surface area contributed by atoms with Gasteiger partial charge in [0.15, 0.2) is 0 Å². The molecular weight excluding hydrogens is 629 g/mol. The van der Waals surface area contributed by atoms with Crippen molar-refractivity contribution in [1.29, 1.82) is 0 Å². The van der Waals surface area contributed by atoms with Gasteiger partial charge in [-0.25, -0.2) is 13.2 Å². The monoisotopic (exact) mass is 672 g/mol. The predicted octanol–water partition coefficient (Wildman–Crippen LogP) is 5.04. The van der Waals surface area contributed by atoms with Crippen molar-refractivity contribution in [1.82, 2.24) is 9.80 Å². The number of halogens is 3.